The summed E-state index contributed by atoms with van der Waals surface area (Å²) < 4.78 is 1.96. The summed E-state index contributed by atoms with van der Waals surface area (Å²) in [6.07, 6.45) is 4.39. The number of rotatable bonds is 1. The maximum Gasteiger partial charge on any atom is 0.226 e. The zero-order chi connectivity index (χ0) is 15.9. The van der Waals surface area contributed by atoms with Crippen molar-refractivity contribution < 1.29 is 4.79 Å². The highest BCUT2D eigenvalue weighted by molar-refractivity contribution is 6.00. The molecule has 1 amide bonds. The van der Waals surface area contributed by atoms with Crippen LogP contribution in [0.3, 0.4) is 0 Å². The number of hydrogen-bond acceptors (Lipinski definition) is 3. The van der Waals surface area contributed by atoms with Crippen LogP contribution in [0.15, 0.2) is 30.6 Å². The van der Waals surface area contributed by atoms with Gasteiger partial charge < -0.3 is 10.6 Å². The van der Waals surface area contributed by atoms with Crippen molar-refractivity contribution in [2.75, 3.05) is 10.6 Å². The van der Waals surface area contributed by atoms with Crippen molar-refractivity contribution in [1.29, 1.82) is 0 Å². The molecular weight excluding hydrogens is 276 g/mol. The first-order valence-corrected chi connectivity index (χ1v) is 7.59. The van der Waals surface area contributed by atoms with E-state index in [-0.39, 0.29) is 17.5 Å². The van der Waals surface area contributed by atoms with Crippen molar-refractivity contribution in [2.24, 2.45) is 0 Å². The van der Waals surface area contributed by atoms with E-state index in [4.69, 9.17) is 0 Å². The van der Waals surface area contributed by atoms with Crippen LogP contribution < -0.4 is 10.6 Å². The number of para-hydroxylation sites is 1. The first-order chi connectivity index (χ1) is 10.3. The topological polar surface area (TPSA) is 59.0 Å². The van der Waals surface area contributed by atoms with Gasteiger partial charge in [0, 0.05) is 29.8 Å². The third kappa shape index (κ3) is 2.71. The zero-order valence-electron chi connectivity index (χ0n) is 13.5. The predicted molar refractivity (Wildman–Crippen MR) is 89.0 cm³/mol. The Labute approximate surface area is 130 Å². The van der Waals surface area contributed by atoms with E-state index in [2.05, 4.69) is 48.8 Å². The highest BCUT2D eigenvalue weighted by Gasteiger charge is 2.21. The highest BCUT2D eigenvalue weighted by Crippen LogP contribution is 2.36. The number of amides is 1. The van der Waals surface area contributed by atoms with Crippen LogP contribution >= 0.6 is 0 Å². The summed E-state index contributed by atoms with van der Waals surface area (Å²) in [6.45, 7) is 8.38. The molecule has 2 aromatic rings. The SMILES string of the molecule is C[C@@H]1CC(=O)Nc2cccc(-c3cnn(C(C)(C)C)c3)c2N1. The molecule has 0 fully saturated rings. The molecule has 1 aromatic heterocycles. The maximum absolute atomic E-state index is 11.9. The molecule has 3 rings (SSSR count). The van der Waals surface area contributed by atoms with Gasteiger partial charge in [0.2, 0.25) is 5.91 Å². The fraction of sp³-hybridized carbons (Fsp3) is 0.412. The van der Waals surface area contributed by atoms with E-state index in [1.807, 2.05) is 29.9 Å². The van der Waals surface area contributed by atoms with E-state index in [0.29, 0.717) is 6.42 Å². The standard InChI is InChI=1S/C17H22N4O/c1-11-8-15(22)20-14-7-5-6-13(16(14)19-11)12-9-18-21(10-12)17(2,3)4/h5-7,9-11,19H,8H2,1-4H3,(H,20,22)/t11-/m1/s1. The number of carbonyl (C=O) groups excluding carboxylic acids is 1. The molecular formula is C17H22N4O. The molecule has 1 aliphatic heterocycles. The van der Waals surface area contributed by atoms with E-state index in [0.717, 1.165) is 22.5 Å². The maximum atomic E-state index is 11.9. The number of nitrogens with zero attached hydrogens (tertiary/aromatic N) is 2. The average molecular weight is 298 g/mol. The lowest BCUT2D eigenvalue weighted by Crippen LogP contribution is -2.21. The van der Waals surface area contributed by atoms with Gasteiger partial charge in [0.1, 0.15) is 0 Å². The first-order valence-electron chi connectivity index (χ1n) is 7.59. The van der Waals surface area contributed by atoms with Gasteiger partial charge >= 0.3 is 0 Å². The molecule has 22 heavy (non-hydrogen) atoms. The van der Waals surface area contributed by atoms with Gasteiger partial charge in [0.25, 0.3) is 0 Å². The number of benzene rings is 1. The lowest BCUT2D eigenvalue weighted by Gasteiger charge is -2.19. The molecule has 1 aliphatic rings. The van der Waals surface area contributed by atoms with Crippen molar-refractivity contribution in [3.63, 3.8) is 0 Å². The molecule has 0 saturated heterocycles. The van der Waals surface area contributed by atoms with Gasteiger partial charge in [-0.3, -0.25) is 9.48 Å². The Kier molecular flexibility index (Phi) is 3.43. The van der Waals surface area contributed by atoms with Crippen LogP contribution in [-0.2, 0) is 10.3 Å². The molecule has 5 heteroatoms. The molecule has 1 aromatic carbocycles. The largest absolute Gasteiger partial charge is 0.380 e. The van der Waals surface area contributed by atoms with Crippen LogP contribution in [0.4, 0.5) is 11.4 Å². The smallest absolute Gasteiger partial charge is 0.226 e. The summed E-state index contributed by atoms with van der Waals surface area (Å²) in [5.74, 6) is 0.0429. The van der Waals surface area contributed by atoms with Crippen LogP contribution in [0.25, 0.3) is 11.1 Å². The predicted octanol–water partition coefficient (Wildman–Crippen LogP) is 3.45. The second-order valence-corrected chi connectivity index (χ2v) is 6.87. The number of anilines is 2. The Balaban J connectivity index is 2.07. The fourth-order valence-corrected chi connectivity index (χ4v) is 2.66. The second kappa shape index (κ2) is 5.16. The number of hydrogen-bond donors (Lipinski definition) is 2. The molecule has 0 saturated carbocycles. The summed E-state index contributed by atoms with van der Waals surface area (Å²) in [5.41, 5.74) is 3.84. The van der Waals surface area contributed by atoms with Gasteiger partial charge in [-0.2, -0.15) is 5.10 Å². The van der Waals surface area contributed by atoms with Crippen LogP contribution in [0, 0.1) is 0 Å². The minimum absolute atomic E-state index is 0.0429. The summed E-state index contributed by atoms with van der Waals surface area (Å²) in [6, 6.07) is 6.04. The Bertz CT molecular complexity index is 712. The van der Waals surface area contributed by atoms with Crippen molar-refractivity contribution in [2.45, 2.75) is 45.7 Å². The Hall–Kier alpha value is -2.30. The van der Waals surface area contributed by atoms with Crippen LogP contribution in [0.1, 0.15) is 34.1 Å². The summed E-state index contributed by atoms with van der Waals surface area (Å²) in [7, 11) is 0. The monoisotopic (exact) mass is 298 g/mol. The van der Waals surface area contributed by atoms with E-state index < -0.39 is 0 Å². The molecule has 0 aliphatic carbocycles. The van der Waals surface area contributed by atoms with Crippen molar-refractivity contribution in [1.82, 2.24) is 9.78 Å². The van der Waals surface area contributed by atoms with E-state index >= 15 is 0 Å². The van der Waals surface area contributed by atoms with Gasteiger partial charge in [0.05, 0.1) is 23.1 Å². The normalized spacial score (nSPS) is 18.2. The molecule has 1 atom stereocenters. The minimum atomic E-state index is -0.0566. The number of carbonyl (C=O) groups is 1. The average Bonchev–Trinajstić information content (AvgIpc) is 2.84. The molecule has 0 bridgehead atoms. The number of fused-ring (bicyclic) bond motifs is 1. The van der Waals surface area contributed by atoms with Crippen molar-refractivity contribution in [3.8, 4) is 11.1 Å². The molecule has 0 spiro atoms. The number of aromatic nitrogens is 2. The zero-order valence-corrected chi connectivity index (χ0v) is 13.5. The first kappa shape index (κ1) is 14.6. The van der Waals surface area contributed by atoms with E-state index in [1.54, 1.807) is 0 Å². The molecule has 2 N–H and O–H groups in total. The second-order valence-electron chi connectivity index (χ2n) is 6.87. The van der Waals surface area contributed by atoms with Crippen LogP contribution in [-0.4, -0.2) is 21.7 Å². The van der Waals surface area contributed by atoms with Crippen LogP contribution in [0.5, 0.6) is 0 Å². The van der Waals surface area contributed by atoms with Gasteiger partial charge in [-0.1, -0.05) is 12.1 Å². The summed E-state index contributed by atoms with van der Waals surface area (Å²) in [5, 5.41) is 10.9. The number of nitrogens with one attached hydrogen (secondary N) is 2. The quantitative estimate of drug-likeness (QED) is 0.848. The Morgan fingerprint density at radius 3 is 2.77 bits per heavy atom. The third-order valence-corrected chi connectivity index (χ3v) is 3.80. The van der Waals surface area contributed by atoms with Gasteiger partial charge in [-0.25, -0.2) is 0 Å². The molecule has 116 valence electrons. The third-order valence-electron chi connectivity index (χ3n) is 3.80. The highest BCUT2D eigenvalue weighted by atomic mass is 16.1. The lowest BCUT2D eigenvalue weighted by atomic mass is 10.0. The molecule has 2 heterocycles. The van der Waals surface area contributed by atoms with Crippen molar-refractivity contribution >= 4 is 17.3 Å². The molecule has 0 unspecified atom stereocenters. The summed E-state index contributed by atoms with van der Waals surface area (Å²) in [4.78, 5) is 11.9. The van der Waals surface area contributed by atoms with Gasteiger partial charge in [0.15, 0.2) is 0 Å². The van der Waals surface area contributed by atoms with E-state index in [9.17, 15) is 4.79 Å². The van der Waals surface area contributed by atoms with E-state index in [1.165, 1.54) is 0 Å². The van der Waals surface area contributed by atoms with Gasteiger partial charge in [-0.15, -0.1) is 0 Å². The minimum Gasteiger partial charge on any atom is -0.380 e. The Morgan fingerprint density at radius 1 is 1.32 bits per heavy atom. The van der Waals surface area contributed by atoms with Gasteiger partial charge in [-0.05, 0) is 33.8 Å². The fourth-order valence-electron chi connectivity index (χ4n) is 2.66. The molecule has 5 nitrogen and oxygen atoms in total. The van der Waals surface area contributed by atoms with Crippen molar-refractivity contribution in [3.05, 3.63) is 30.6 Å². The molecule has 0 radical (unpaired) electrons. The lowest BCUT2D eigenvalue weighted by molar-refractivity contribution is -0.116. The summed E-state index contributed by atoms with van der Waals surface area (Å²) >= 11 is 0. The van der Waals surface area contributed by atoms with Crippen LogP contribution in [0.2, 0.25) is 0 Å². The Morgan fingerprint density at radius 2 is 2.09 bits per heavy atom.